The summed E-state index contributed by atoms with van der Waals surface area (Å²) in [5.41, 5.74) is 1.96. The molecule has 0 unspecified atom stereocenters. The molecule has 0 saturated heterocycles. The van der Waals surface area contributed by atoms with E-state index in [0.29, 0.717) is 4.47 Å². The minimum Gasteiger partial charge on any atom is -0.321 e. The average molecular weight is 259 g/mol. The molecule has 0 fully saturated rings. The fourth-order valence-electron chi connectivity index (χ4n) is 0.661. The van der Waals surface area contributed by atoms with Crippen LogP contribution in [-0.4, -0.2) is 0 Å². The lowest BCUT2D eigenvalue weighted by atomic mass is 10.3. The van der Waals surface area contributed by atoms with Gasteiger partial charge in [0.2, 0.25) is 0 Å². The molecule has 0 bridgehead atoms. The smallest absolute Gasteiger partial charge is 0.183 e. The minimum absolute atomic E-state index is 0. The highest BCUT2D eigenvalue weighted by atomic mass is 79.9. The monoisotopic (exact) mass is 258 g/mol. The van der Waals surface area contributed by atoms with E-state index in [4.69, 9.17) is 5.84 Å². The lowest BCUT2D eigenvalue weighted by molar-refractivity contribution is 0.510. The fraction of sp³-hybridized carbons (Fsp3) is 0. The van der Waals surface area contributed by atoms with Gasteiger partial charge in [0, 0.05) is 4.47 Å². The average Bonchev–Trinajstić information content (AvgIpc) is 1.96. The topological polar surface area (TPSA) is 38.0 Å². The van der Waals surface area contributed by atoms with Crippen molar-refractivity contribution in [3.8, 4) is 0 Å². The van der Waals surface area contributed by atoms with Gasteiger partial charge in [-0.3, -0.25) is 5.84 Å². The number of nitrogens with one attached hydrogen (secondary N) is 1. The Hall–Kier alpha value is -0.390. The van der Waals surface area contributed by atoms with Crippen LogP contribution in [0.2, 0.25) is 0 Å². The van der Waals surface area contributed by atoms with Crippen LogP contribution in [0.5, 0.6) is 0 Å². The number of benzene rings is 1. The molecule has 0 aliphatic heterocycles. The van der Waals surface area contributed by atoms with Gasteiger partial charge in [0.05, 0.1) is 5.69 Å². The third-order valence-corrected chi connectivity index (χ3v) is 1.61. The van der Waals surface area contributed by atoms with Gasteiger partial charge in [0.1, 0.15) is 0 Å². The normalized spacial score (nSPS) is 9.00. The summed E-state index contributed by atoms with van der Waals surface area (Å²) in [6.07, 6.45) is 0. The maximum atomic E-state index is 12.6. The first-order valence-corrected chi connectivity index (χ1v) is 3.55. The van der Waals surface area contributed by atoms with E-state index in [9.17, 15) is 8.78 Å². The standard InChI is InChI=1S/C6H5BrF2N2.ClH/c7-3-1-4(8)6(9)5(2-3)11-10;/h1-2,11H,10H2;1H. The molecule has 2 nitrogen and oxygen atoms in total. The van der Waals surface area contributed by atoms with Crippen LogP contribution in [0.3, 0.4) is 0 Å². The number of hydrogen-bond acceptors (Lipinski definition) is 2. The first-order valence-electron chi connectivity index (χ1n) is 2.76. The molecule has 12 heavy (non-hydrogen) atoms. The largest absolute Gasteiger partial charge is 0.321 e. The number of nitrogens with two attached hydrogens (primary N) is 1. The fourth-order valence-corrected chi connectivity index (χ4v) is 1.09. The Balaban J connectivity index is 0.00000121. The summed E-state index contributed by atoms with van der Waals surface area (Å²) in [4.78, 5) is 0. The van der Waals surface area contributed by atoms with Crippen LogP contribution >= 0.6 is 28.3 Å². The van der Waals surface area contributed by atoms with Crippen LogP contribution in [0, 0.1) is 11.6 Å². The summed E-state index contributed by atoms with van der Waals surface area (Å²) in [5.74, 6) is 3.00. The molecule has 68 valence electrons. The first-order chi connectivity index (χ1) is 5.15. The predicted molar refractivity (Wildman–Crippen MR) is 49.1 cm³/mol. The Morgan fingerprint density at radius 1 is 1.33 bits per heavy atom. The zero-order valence-electron chi connectivity index (χ0n) is 5.77. The number of anilines is 1. The second-order valence-electron chi connectivity index (χ2n) is 1.89. The number of hydrogen-bond donors (Lipinski definition) is 2. The van der Waals surface area contributed by atoms with Crippen molar-refractivity contribution in [2.24, 2.45) is 5.84 Å². The van der Waals surface area contributed by atoms with Crippen molar-refractivity contribution in [2.45, 2.75) is 0 Å². The number of hydrazine groups is 1. The molecule has 0 amide bonds. The Kier molecular flexibility index (Phi) is 4.44. The lowest BCUT2D eigenvalue weighted by Crippen LogP contribution is -2.09. The Morgan fingerprint density at radius 2 is 1.92 bits per heavy atom. The van der Waals surface area contributed by atoms with E-state index in [-0.39, 0.29) is 18.1 Å². The second-order valence-corrected chi connectivity index (χ2v) is 2.81. The van der Waals surface area contributed by atoms with Gasteiger partial charge in [-0.1, -0.05) is 15.9 Å². The molecular formula is C6H6BrClF2N2. The maximum Gasteiger partial charge on any atom is 0.183 e. The molecule has 0 radical (unpaired) electrons. The number of halogens is 4. The Morgan fingerprint density at radius 3 is 2.42 bits per heavy atom. The molecule has 1 aromatic rings. The van der Waals surface area contributed by atoms with E-state index in [1.807, 2.05) is 5.43 Å². The summed E-state index contributed by atoms with van der Waals surface area (Å²) in [5, 5.41) is 0. The van der Waals surface area contributed by atoms with Crippen LogP contribution in [0.4, 0.5) is 14.5 Å². The van der Waals surface area contributed by atoms with Crippen molar-refractivity contribution >= 4 is 34.0 Å². The van der Waals surface area contributed by atoms with Gasteiger partial charge >= 0.3 is 0 Å². The highest BCUT2D eigenvalue weighted by Crippen LogP contribution is 2.22. The van der Waals surface area contributed by atoms with Gasteiger partial charge in [0.25, 0.3) is 0 Å². The van der Waals surface area contributed by atoms with Crippen LogP contribution in [0.25, 0.3) is 0 Å². The van der Waals surface area contributed by atoms with Gasteiger partial charge in [-0.15, -0.1) is 12.4 Å². The number of nitrogen functional groups attached to an aromatic ring is 1. The molecule has 0 aliphatic rings. The van der Waals surface area contributed by atoms with E-state index in [2.05, 4.69) is 15.9 Å². The molecule has 1 rings (SSSR count). The molecule has 6 heteroatoms. The van der Waals surface area contributed by atoms with Crippen molar-refractivity contribution in [2.75, 3.05) is 5.43 Å². The van der Waals surface area contributed by atoms with Gasteiger partial charge in [-0.05, 0) is 12.1 Å². The molecule has 0 aromatic heterocycles. The highest BCUT2D eigenvalue weighted by Gasteiger charge is 2.07. The van der Waals surface area contributed by atoms with E-state index in [1.54, 1.807) is 0 Å². The van der Waals surface area contributed by atoms with Crippen LogP contribution < -0.4 is 11.3 Å². The molecule has 0 saturated carbocycles. The van der Waals surface area contributed by atoms with Crippen molar-refractivity contribution in [1.29, 1.82) is 0 Å². The van der Waals surface area contributed by atoms with Crippen LogP contribution in [0.1, 0.15) is 0 Å². The summed E-state index contributed by atoms with van der Waals surface area (Å²) in [7, 11) is 0. The zero-order chi connectivity index (χ0) is 8.43. The van der Waals surface area contributed by atoms with Crippen LogP contribution in [0.15, 0.2) is 16.6 Å². The second kappa shape index (κ2) is 4.59. The van der Waals surface area contributed by atoms with Gasteiger partial charge in [0.15, 0.2) is 11.6 Å². The van der Waals surface area contributed by atoms with Crippen molar-refractivity contribution in [3.63, 3.8) is 0 Å². The van der Waals surface area contributed by atoms with Gasteiger partial charge in [-0.2, -0.15) is 0 Å². The Bertz CT molecular complexity index is 282. The van der Waals surface area contributed by atoms with Gasteiger partial charge in [-0.25, -0.2) is 8.78 Å². The van der Waals surface area contributed by atoms with E-state index in [0.717, 1.165) is 6.07 Å². The molecule has 0 aliphatic carbocycles. The van der Waals surface area contributed by atoms with Crippen molar-refractivity contribution in [3.05, 3.63) is 28.2 Å². The molecule has 0 spiro atoms. The van der Waals surface area contributed by atoms with E-state index in [1.165, 1.54) is 6.07 Å². The highest BCUT2D eigenvalue weighted by molar-refractivity contribution is 9.10. The molecule has 0 atom stereocenters. The van der Waals surface area contributed by atoms with Gasteiger partial charge < -0.3 is 5.43 Å². The van der Waals surface area contributed by atoms with Crippen molar-refractivity contribution in [1.82, 2.24) is 0 Å². The molecular weight excluding hydrogens is 253 g/mol. The molecule has 1 aromatic carbocycles. The maximum absolute atomic E-state index is 12.6. The minimum atomic E-state index is -0.976. The summed E-state index contributed by atoms with van der Waals surface area (Å²) in [6, 6.07) is 2.37. The first kappa shape index (κ1) is 11.6. The third kappa shape index (κ3) is 2.30. The lowest BCUT2D eigenvalue weighted by Gasteiger charge is -2.02. The number of rotatable bonds is 1. The predicted octanol–water partition coefficient (Wildman–Crippen LogP) is 2.43. The summed E-state index contributed by atoms with van der Waals surface area (Å²) < 4.78 is 25.6. The van der Waals surface area contributed by atoms with Crippen molar-refractivity contribution < 1.29 is 8.78 Å². The third-order valence-electron chi connectivity index (χ3n) is 1.15. The summed E-state index contributed by atoms with van der Waals surface area (Å²) in [6.45, 7) is 0. The SMILES string of the molecule is Cl.NNc1cc(Br)cc(F)c1F. The zero-order valence-corrected chi connectivity index (χ0v) is 8.18. The van der Waals surface area contributed by atoms with E-state index < -0.39 is 11.6 Å². The van der Waals surface area contributed by atoms with Crippen LogP contribution in [-0.2, 0) is 0 Å². The Labute approximate surface area is 82.6 Å². The molecule has 0 heterocycles. The quantitative estimate of drug-likeness (QED) is 0.462. The summed E-state index contributed by atoms with van der Waals surface area (Å²) >= 11 is 2.99. The molecule has 3 N–H and O–H groups in total. The van der Waals surface area contributed by atoms with E-state index >= 15 is 0 Å².